The molecule has 1 aromatic heterocycles. The molecule has 11 heteroatoms. The summed E-state index contributed by atoms with van der Waals surface area (Å²) in [5.41, 5.74) is -2.39. The first-order chi connectivity index (χ1) is 14.6. The molecule has 0 aromatic carbocycles. The third-order valence-electron chi connectivity index (χ3n) is 3.83. The average Bonchev–Trinajstić information content (AvgIpc) is 2.61. The highest BCUT2D eigenvalue weighted by molar-refractivity contribution is 5.61. The summed E-state index contributed by atoms with van der Waals surface area (Å²) in [6, 6.07) is 0. The molecule has 32 heavy (non-hydrogen) atoms. The molecule has 0 amide bonds. The van der Waals surface area contributed by atoms with E-state index in [9.17, 15) is 19.2 Å². The molecule has 0 aliphatic rings. The van der Waals surface area contributed by atoms with Crippen molar-refractivity contribution in [3.8, 4) is 0 Å². The summed E-state index contributed by atoms with van der Waals surface area (Å²) in [4.78, 5) is 49.9. The second kappa shape index (κ2) is 11.2. The Kier molecular flexibility index (Phi) is 9.50. The monoisotopic (exact) mass is 458 g/mol. The van der Waals surface area contributed by atoms with Crippen molar-refractivity contribution in [2.75, 3.05) is 6.61 Å². The maximum atomic E-state index is 12.1. The Morgan fingerprint density at radius 1 is 1.00 bits per heavy atom. The Bertz CT molecular complexity index is 890. The Morgan fingerprint density at radius 2 is 1.56 bits per heavy atom. The molecular weight excluding hydrogens is 424 g/mol. The maximum absolute atomic E-state index is 12.1. The van der Waals surface area contributed by atoms with Crippen molar-refractivity contribution in [1.82, 2.24) is 9.55 Å². The zero-order valence-electron chi connectivity index (χ0n) is 20.0. The normalized spacial score (nSPS) is 13.8. The Balaban J connectivity index is 2.98. The number of carbonyl (C=O) groups is 2. The second-order valence-electron chi connectivity index (χ2n) is 9.18. The van der Waals surface area contributed by atoms with Gasteiger partial charge in [0.2, 0.25) is 0 Å². The molecule has 1 unspecified atom stereocenters. The van der Waals surface area contributed by atoms with Crippen LogP contribution in [-0.2, 0) is 30.4 Å². The summed E-state index contributed by atoms with van der Waals surface area (Å²) in [7, 11) is 0. The van der Waals surface area contributed by atoms with E-state index in [-0.39, 0.29) is 13.3 Å². The van der Waals surface area contributed by atoms with E-state index in [2.05, 4.69) is 4.98 Å². The van der Waals surface area contributed by atoms with Crippen LogP contribution in [0.25, 0.3) is 0 Å². The molecule has 1 heterocycles. The van der Waals surface area contributed by atoms with Crippen molar-refractivity contribution >= 4 is 12.3 Å². The minimum atomic E-state index is -0.945. The predicted octanol–water partition coefficient (Wildman–Crippen LogP) is 2.87. The van der Waals surface area contributed by atoms with E-state index in [0.29, 0.717) is 12.0 Å². The van der Waals surface area contributed by atoms with E-state index in [1.165, 1.54) is 6.20 Å². The Labute approximate surface area is 186 Å². The van der Waals surface area contributed by atoms with Gasteiger partial charge < -0.3 is 23.7 Å². The maximum Gasteiger partial charge on any atom is 0.509 e. The number of hydrogen-bond acceptors (Lipinski definition) is 9. The number of H-pyrrole nitrogens is 1. The van der Waals surface area contributed by atoms with Gasteiger partial charge in [-0.1, -0.05) is 6.92 Å². The van der Waals surface area contributed by atoms with Crippen molar-refractivity contribution in [2.45, 2.75) is 92.0 Å². The second-order valence-corrected chi connectivity index (χ2v) is 9.18. The number of nitrogens with one attached hydrogen (secondary N) is 1. The van der Waals surface area contributed by atoms with Gasteiger partial charge in [0.05, 0.1) is 0 Å². The molecule has 0 saturated heterocycles. The van der Waals surface area contributed by atoms with Crippen LogP contribution >= 0.6 is 0 Å². The number of aromatic nitrogens is 2. The number of ether oxygens (including phenoxy) is 5. The van der Waals surface area contributed by atoms with E-state index in [1.54, 1.807) is 55.4 Å². The molecule has 0 saturated carbocycles. The van der Waals surface area contributed by atoms with E-state index in [0.717, 1.165) is 4.57 Å². The molecule has 0 aliphatic carbocycles. The molecule has 11 nitrogen and oxygen atoms in total. The highest BCUT2D eigenvalue weighted by Gasteiger charge is 2.30. The van der Waals surface area contributed by atoms with E-state index < -0.39 is 47.0 Å². The van der Waals surface area contributed by atoms with Crippen molar-refractivity contribution in [1.29, 1.82) is 0 Å². The molecule has 2 atom stereocenters. The lowest BCUT2D eigenvalue weighted by atomic mass is 10.1. The highest BCUT2D eigenvalue weighted by Crippen LogP contribution is 2.16. The van der Waals surface area contributed by atoms with Crippen LogP contribution in [0.2, 0.25) is 0 Å². The molecular formula is C21H34N2O9. The van der Waals surface area contributed by atoms with Crippen LogP contribution in [0.4, 0.5) is 9.59 Å². The van der Waals surface area contributed by atoms with Crippen LogP contribution in [0.15, 0.2) is 15.8 Å². The molecule has 0 spiro atoms. The molecule has 1 N–H and O–H groups in total. The van der Waals surface area contributed by atoms with Crippen LogP contribution in [0.3, 0.4) is 0 Å². The van der Waals surface area contributed by atoms with Gasteiger partial charge in [-0.2, -0.15) is 0 Å². The van der Waals surface area contributed by atoms with Crippen molar-refractivity contribution in [3.63, 3.8) is 0 Å². The first-order valence-corrected chi connectivity index (χ1v) is 10.3. The van der Waals surface area contributed by atoms with Crippen molar-refractivity contribution in [3.05, 3.63) is 32.6 Å². The summed E-state index contributed by atoms with van der Waals surface area (Å²) in [5, 5.41) is 0. The third-order valence-corrected chi connectivity index (χ3v) is 3.83. The lowest BCUT2D eigenvalue weighted by molar-refractivity contribution is -0.118. The number of hydrogen-bond donors (Lipinski definition) is 1. The number of rotatable bonds is 8. The molecule has 0 fully saturated rings. The van der Waals surface area contributed by atoms with Crippen molar-refractivity contribution in [2.24, 2.45) is 0 Å². The van der Waals surface area contributed by atoms with Gasteiger partial charge in [-0.3, -0.25) is 14.3 Å². The molecule has 0 bridgehead atoms. The largest absolute Gasteiger partial charge is 0.509 e. The van der Waals surface area contributed by atoms with Crippen LogP contribution in [0.5, 0.6) is 0 Å². The van der Waals surface area contributed by atoms with E-state index >= 15 is 0 Å². The quantitative estimate of drug-likeness (QED) is 0.583. The molecule has 1 aromatic rings. The fourth-order valence-corrected chi connectivity index (χ4v) is 2.40. The fourth-order valence-electron chi connectivity index (χ4n) is 2.40. The summed E-state index contributed by atoms with van der Waals surface area (Å²) < 4.78 is 27.7. The smallest absolute Gasteiger partial charge is 0.431 e. The van der Waals surface area contributed by atoms with E-state index in [4.69, 9.17) is 23.7 Å². The minimum absolute atomic E-state index is 0.285. The van der Waals surface area contributed by atoms with Gasteiger partial charge in [0.15, 0.2) is 0 Å². The van der Waals surface area contributed by atoms with Gasteiger partial charge in [0.1, 0.15) is 36.7 Å². The number of aryl methyl sites for hydroxylation is 1. The van der Waals surface area contributed by atoms with Crippen LogP contribution in [0, 0.1) is 6.92 Å². The number of carbonyl (C=O) groups excluding carboxylic acids is 2. The van der Waals surface area contributed by atoms with Gasteiger partial charge in [0.25, 0.3) is 5.56 Å². The summed E-state index contributed by atoms with van der Waals surface area (Å²) in [6.07, 6.45) is -1.99. The fraction of sp³-hybridized carbons (Fsp3) is 0.714. The SMILES string of the molecule is CC[C@H](OC(=O)OC(C)(C)C)C(COC(=O)OC(C)(C)C)OCn1cc(C)c(=O)[nH]c1=O. The Hall–Kier alpha value is -2.82. The molecule has 0 radical (unpaired) electrons. The van der Waals surface area contributed by atoms with Crippen LogP contribution < -0.4 is 11.2 Å². The predicted molar refractivity (Wildman–Crippen MR) is 115 cm³/mol. The average molecular weight is 459 g/mol. The van der Waals surface area contributed by atoms with Gasteiger partial charge in [-0.25, -0.2) is 14.4 Å². The minimum Gasteiger partial charge on any atom is -0.431 e. The van der Waals surface area contributed by atoms with Crippen molar-refractivity contribution < 1.29 is 33.3 Å². The first-order valence-electron chi connectivity index (χ1n) is 10.3. The zero-order valence-corrected chi connectivity index (χ0v) is 20.0. The number of nitrogens with zero attached hydrogens (tertiary/aromatic N) is 1. The molecule has 0 aliphatic heterocycles. The lowest BCUT2D eigenvalue weighted by Gasteiger charge is -2.28. The van der Waals surface area contributed by atoms with Gasteiger partial charge in [-0.15, -0.1) is 0 Å². The van der Waals surface area contributed by atoms with Gasteiger partial charge in [-0.05, 0) is 54.9 Å². The summed E-state index contributed by atoms with van der Waals surface area (Å²) in [5.74, 6) is 0. The third kappa shape index (κ3) is 9.99. The summed E-state index contributed by atoms with van der Waals surface area (Å²) in [6.45, 7) is 12.8. The van der Waals surface area contributed by atoms with Gasteiger partial charge in [0, 0.05) is 11.8 Å². The zero-order chi connectivity index (χ0) is 24.7. The van der Waals surface area contributed by atoms with Crippen LogP contribution in [0.1, 0.15) is 60.5 Å². The van der Waals surface area contributed by atoms with Crippen LogP contribution in [-0.4, -0.2) is 51.9 Å². The lowest BCUT2D eigenvalue weighted by Crippen LogP contribution is -2.41. The molecule has 182 valence electrons. The standard InChI is InChI=1S/C21H34N2O9/c1-9-14(30-19(27)32-21(6,7)8)15(11-28-18(26)31-20(3,4)5)29-12-23-10-13(2)16(24)22-17(23)25/h10,14-15H,9,11-12H2,1-8H3,(H,22,24,25)/t14-,15?/m0/s1. The number of aromatic amines is 1. The Morgan fingerprint density at radius 3 is 2.09 bits per heavy atom. The highest BCUT2D eigenvalue weighted by atomic mass is 16.8. The molecule has 1 rings (SSSR count). The first kappa shape index (κ1) is 27.2. The van der Waals surface area contributed by atoms with Gasteiger partial charge >= 0.3 is 18.0 Å². The summed E-state index contributed by atoms with van der Waals surface area (Å²) >= 11 is 0. The topological polar surface area (TPSA) is 135 Å². The van der Waals surface area contributed by atoms with E-state index in [1.807, 2.05) is 0 Å².